The molecule has 0 unspecified atom stereocenters. The highest BCUT2D eigenvalue weighted by molar-refractivity contribution is 6.02. The van der Waals surface area contributed by atoms with E-state index in [0.717, 1.165) is 31.2 Å². The lowest BCUT2D eigenvalue weighted by molar-refractivity contribution is -0.111. The average molecular weight is 409 g/mol. The molecule has 0 radical (unpaired) electrons. The van der Waals surface area contributed by atoms with Crippen molar-refractivity contribution in [1.82, 2.24) is 0 Å². The molecule has 1 amide bonds. The van der Waals surface area contributed by atoms with Crippen LogP contribution in [0.1, 0.15) is 48.0 Å². The topological polar surface area (TPSA) is 73.9 Å². The van der Waals surface area contributed by atoms with E-state index >= 15 is 0 Å². The van der Waals surface area contributed by atoms with Crippen LogP contribution in [0.25, 0.3) is 6.08 Å². The minimum Gasteiger partial charge on any atom is -0.497 e. The van der Waals surface area contributed by atoms with E-state index in [1.165, 1.54) is 12.5 Å². The van der Waals surface area contributed by atoms with Crippen molar-refractivity contribution in [3.63, 3.8) is 0 Å². The van der Waals surface area contributed by atoms with Gasteiger partial charge in [-0.1, -0.05) is 6.42 Å². The van der Waals surface area contributed by atoms with Crippen LogP contribution in [-0.4, -0.2) is 32.2 Å². The van der Waals surface area contributed by atoms with Gasteiger partial charge in [-0.2, -0.15) is 0 Å². The number of hydrogen-bond donors (Lipinski definition) is 1. The van der Waals surface area contributed by atoms with Crippen molar-refractivity contribution in [2.45, 2.75) is 38.2 Å². The quantitative estimate of drug-likeness (QED) is 0.523. The van der Waals surface area contributed by atoms with Crippen LogP contribution in [-0.2, 0) is 9.53 Å². The van der Waals surface area contributed by atoms with Gasteiger partial charge >= 0.3 is 5.97 Å². The van der Waals surface area contributed by atoms with Gasteiger partial charge in [0.25, 0.3) is 0 Å². The Bertz CT molecular complexity index is 898. The van der Waals surface area contributed by atoms with Gasteiger partial charge in [0.05, 0.1) is 19.8 Å². The number of nitrogens with one attached hydrogen (secondary N) is 1. The Balaban J connectivity index is 1.56. The summed E-state index contributed by atoms with van der Waals surface area (Å²) in [4.78, 5) is 24.5. The predicted octanol–water partition coefficient (Wildman–Crippen LogP) is 4.85. The number of esters is 1. The first-order valence-corrected chi connectivity index (χ1v) is 10.1. The van der Waals surface area contributed by atoms with Gasteiger partial charge in [0.2, 0.25) is 5.91 Å². The second-order valence-electron chi connectivity index (χ2n) is 7.17. The number of methoxy groups -OCH3 is 2. The standard InChI is InChI=1S/C24H27NO5/c1-28-21-14-10-17(22(16-21)29-2)11-15-23(26)25-19-12-8-18(9-13-19)24(27)30-20-6-4-3-5-7-20/h8-16,20H,3-7H2,1-2H3,(H,25,26)/b15-11+. The highest BCUT2D eigenvalue weighted by Crippen LogP contribution is 2.25. The lowest BCUT2D eigenvalue weighted by atomic mass is 9.98. The molecule has 0 aromatic heterocycles. The first-order chi connectivity index (χ1) is 14.6. The van der Waals surface area contributed by atoms with Crippen molar-refractivity contribution < 1.29 is 23.8 Å². The van der Waals surface area contributed by atoms with Gasteiger partial charge in [-0.15, -0.1) is 0 Å². The minimum absolute atomic E-state index is 0.0192. The zero-order chi connectivity index (χ0) is 21.3. The van der Waals surface area contributed by atoms with E-state index in [9.17, 15) is 9.59 Å². The van der Waals surface area contributed by atoms with E-state index in [2.05, 4.69) is 5.32 Å². The normalized spacial score (nSPS) is 14.3. The maximum atomic E-state index is 12.3. The second-order valence-corrected chi connectivity index (χ2v) is 7.17. The van der Waals surface area contributed by atoms with E-state index in [4.69, 9.17) is 14.2 Å². The molecule has 1 saturated carbocycles. The van der Waals surface area contributed by atoms with Crippen LogP contribution in [0.4, 0.5) is 5.69 Å². The summed E-state index contributed by atoms with van der Waals surface area (Å²) in [6.45, 7) is 0. The Labute approximate surface area is 176 Å². The van der Waals surface area contributed by atoms with Crippen LogP contribution >= 0.6 is 0 Å². The molecule has 1 N–H and O–H groups in total. The Kier molecular flexibility index (Phi) is 7.49. The molecule has 158 valence electrons. The fourth-order valence-electron chi connectivity index (χ4n) is 3.40. The summed E-state index contributed by atoms with van der Waals surface area (Å²) in [7, 11) is 3.14. The summed E-state index contributed by atoms with van der Waals surface area (Å²) < 4.78 is 16.1. The first kappa shape index (κ1) is 21.4. The second kappa shape index (κ2) is 10.5. The third-order valence-corrected chi connectivity index (χ3v) is 5.07. The first-order valence-electron chi connectivity index (χ1n) is 10.1. The van der Waals surface area contributed by atoms with Crippen LogP contribution in [0.3, 0.4) is 0 Å². The maximum Gasteiger partial charge on any atom is 0.338 e. The number of amides is 1. The number of benzene rings is 2. The summed E-state index contributed by atoms with van der Waals surface area (Å²) in [5, 5.41) is 2.78. The summed E-state index contributed by atoms with van der Waals surface area (Å²) in [6, 6.07) is 12.1. The summed E-state index contributed by atoms with van der Waals surface area (Å²) in [6.07, 6.45) is 8.42. The fraction of sp³-hybridized carbons (Fsp3) is 0.333. The van der Waals surface area contributed by atoms with Gasteiger partial charge in [0, 0.05) is 23.4 Å². The molecule has 1 aliphatic carbocycles. The molecule has 2 aromatic rings. The van der Waals surface area contributed by atoms with Gasteiger partial charge in [0.15, 0.2) is 0 Å². The minimum atomic E-state index is -0.314. The molecule has 1 fully saturated rings. The number of carbonyl (C=O) groups is 2. The predicted molar refractivity (Wildman–Crippen MR) is 116 cm³/mol. The van der Waals surface area contributed by atoms with Gasteiger partial charge in [-0.05, 0) is 68.2 Å². The van der Waals surface area contributed by atoms with Crippen molar-refractivity contribution in [1.29, 1.82) is 0 Å². The van der Waals surface area contributed by atoms with Crippen molar-refractivity contribution >= 4 is 23.6 Å². The summed E-state index contributed by atoms with van der Waals surface area (Å²) in [5.74, 6) is 0.687. The number of carbonyl (C=O) groups excluding carboxylic acids is 2. The van der Waals surface area contributed by atoms with Crippen LogP contribution < -0.4 is 14.8 Å². The molecular weight excluding hydrogens is 382 g/mol. The van der Waals surface area contributed by atoms with E-state index in [1.54, 1.807) is 56.7 Å². The lowest BCUT2D eigenvalue weighted by Crippen LogP contribution is -2.20. The summed E-state index contributed by atoms with van der Waals surface area (Å²) >= 11 is 0. The molecule has 0 saturated heterocycles. The SMILES string of the molecule is COc1ccc(/C=C/C(=O)Nc2ccc(C(=O)OC3CCCCC3)cc2)c(OC)c1. The Hall–Kier alpha value is -3.28. The molecule has 2 aromatic carbocycles. The Morgan fingerprint density at radius 2 is 1.70 bits per heavy atom. The molecule has 0 aliphatic heterocycles. The fourth-order valence-corrected chi connectivity index (χ4v) is 3.40. The van der Waals surface area contributed by atoms with Crippen molar-refractivity contribution in [2.24, 2.45) is 0 Å². The van der Waals surface area contributed by atoms with Crippen molar-refractivity contribution in [2.75, 3.05) is 19.5 Å². The molecule has 6 heteroatoms. The third kappa shape index (κ3) is 5.86. The average Bonchev–Trinajstić information content (AvgIpc) is 2.78. The lowest BCUT2D eigenvalue weighted by Gasteiger charge is -2.21. The smallest absolute Gasteiger partial charge is 0.338 e. The highest BCUT2D eigenvalue weighted by Gasteiger charge is 2.18. The Morgan fingerprint density at radius 1 is 0.967 bits per heavy atom. The van der Waals surface area contributed by atoms with E-state index in [1.807, 2.05) is 6.07 Å². The van der Waals surface area contributed by atoms with Gasteiger partial charge in [-0.25, -0.2) is 4.79 Å². The van der Waals surface area contributed by atoms with Gasteiger partial charge < -0.3 is 19.5 Å². The monoisotopic (exact) mass is 409 g/mol. The molecule has 0 heterocycles. The molecule has 0 atom stereocenters. The molecule has 0 bridgehead atoms. The van der Waals surface area contributed by atoms with Crippen LogP contribution in [0.15, 0.2) is 48.5 Å². The summed E-state index contributed by atoms with van der Waals surface area (Å²) in [5.41, 5.74) is 1.84. The van der Waals surface area contributed by atoms with Crippen molar-refractivity contribution in [3.8, 4) is 11.5 Å². The van der Waals surface area contributed by atoms with Gasteiger partial charge in [0.1, 0.15) is 17.6 Å². The highest BCUT2D eigenvalue weighted by atomic mass is 16.5. The zero-order valence-electron chi connectivity index (χ0n) is 17.4. The van der Waals surface area contributed by atoms with E-state index < -0.39 is 0 Å². The molecular formula is C24H27NO5. The molecule has 1 aliphatic rings. The number of rotatable bonds is 7. The largest absolute Gasteiger partial charge is 0.497 e. The number of hydrogen-bond acceptors (Lipinski definition) is 5. The molecule has 6 nitrogen and oxygen atoms in total. The van der Waals surface area contributed by atoms with Crippen molar-refractivity contribution in [3.05, 3.63) is 59.7 Å². The maximum absolute atomic E-state index is 12.3. The molecule has 3 rings (SSSR count). The number of anilines is 1. The van der Waals surface area contributed by atoms with Crippen LogP contribution in [0, 0.1) is 0 Å². The van der Waals surface area contributed by atoms with E-state index in [-0.39, 0.29) is 18.0 Å². The van der Waals surface area contributed by atoms with E-state index in [0.29, 0.717) is 22.7 Å². The van der Waals surface area contributed by atoms with Gasteiger partial charge in [-0.3, -0.25) is 4.79 Å². The van der Waals surface area contributed by atoms with Crippen LogP contribution in [0.2, 0.25) is 0 Å². The molecule has 0 spiro atoms. The zero-order valence-corrected chi connectivity index (χ0v) is 17.4. The van der Waals surface area contributed by atoms with Crippen LogP contribution in [0.5, 0.6) is 11.5 Å². The molecule has 30 heavy (non-hydrogen) atoms. The number of ether oxygens (including phenoxy) is 3. The Morgan fingerprint density at radius 3 is 2.37 bits per heavy atom. The third-order valence-electron chi connectivity index (χ3n) is 5.07.